The molecule has 3 aromatic rings. The summed E-state index contributed by atoms with van der Waals surface area (Å²) in [6, 6.07) is 14.7. The van der Waals surface area contributed by atoms with Gasteiger partial charge in [0, 0.05) is 23.9 Å². The number of aromatic amines is 1. The zero-order valence-electron chi connectivity index (χ0n) is 14.9. The van der Waals surface area contributed by atoms with Crippen molar-refractivity contribution < 1.29 is 9.59 Å². The lowest BCUT2D eigenvalue weighted by atomic mass is 10.1. The largest absolute Gasteiger partial charge is 0.326 e. The van der Waals surface area contributed by atoms with Crippen molar-refractivity contribution >= 4 is 35.4 Å². The first-order valence-corrected chi connectivity index (χ1v) is 8.73. The molecule has 3 N–H and O–H groups in total. The van der Waals surface area contributed by atoms with Gasteiger partial charge in [0.1, 0.15) is 6.54 Å². The van der Waals surface area contributed by atoms with E-state index in [0.29, 0.717) is 22.0 Å². The second-order valence-electron chi connectivity index (χ2n) is 6.11. The van der Waals surface area contributed by atoms with Gasteiger partial charge < -0.3 is 10.6 Å². The number of benzene rings is 2. The fraction of sp³-hybridized carbons (Fsp3) is 0.158. The van der Waals surface area contributed by atoms with Gasteiger partial charge in [-0.2, -0.15) is 5.10 Å². The van der Waals surface area contributed by atoms with Crippen LogP contribution >= 0.6 is 12.2 Å². The van der Waals surface area contributed by atoms with E-state index in [1.165, 1.54) is 6.92 Å². The van der Waals surface area contributed by atoms with Gasteiger partial charge in [-0.25, -0.2) is 0 Å². The van der Waals surface area contributed by atoms with Crippen molar-refractivity contribution in [3.05, 3.63) is 58.9 Å². The Morgan fingerprint density at radius 2 is 1.63 bits per heavy atom. The topological polar surface area (TPSA) is 91.8 Å². The van der Waals surface area contributed by atoms with Gasteiger partial charge in [-0.3, -0.25) is 19.3 Å². The summed E-state index contributed by atoms with van der Waals surface area (Å²) in [4.78, 5) is 23.5. The maximum Gasteiger partial charge on any atom is 0.244 e. The minimum Gasteiger partial charge on any atom is -0.326 e. The maximum atomic E-state index is 12.4. The van der Waals surface area contributed by atoms with Crippen LogP contribution in [-0.2, 0) is 16.1 Å². The number of carbonyl (C=O) groups excluding carboxylic acids is 2. The molecular formula is C19H19N5O2S. The maximum absolute atomic E-state index is 12.4. The van der Waals surface area contributed by atoms with Crippen LogP contribution in [0.3, 0.4) is 0 Å². The Morgan fingerprint density at radius 3 is 2.22 bits per heavy atom. The molecule has 0 radical (unpaired) electrons. The first-order valence-electron chi connectivity index (χ1n) is 8.32. The molecule has 0 bridgehead atoms. The molecule has 0 unspecified atom stereocenters. The summed E-state index contributed by atoms with van der Waals surface area (Å²) in [6.45, 7) is 3.48. The highest BCUT2D eigenvalue weighted by Crippen LogP contribution is 2.18. The molecular weight excluding hydrogens is 362 g/mol. The number of nitrogens with one attached hydrogen (secondary N) is 3. The summed E-state index contributed by atoms with van der Waals surface area (Å²) in [5.74, 6) is 0.231. The molecule has 138 valence electrons. The van der Waals surface area contributed by atoms with Crippen LogP contribution in [0.1, 0.15) is 12.5 Å². The molecule has 2 amide bonds. The van der Waals surface area contributed by atoms with Crippen LogP contribution in [-0.4, -0.2) is 26.6 Å². The third-order valence-corrected chi connectivity index (χ3v) is 4.17. The Labute approximate surface area is 161 Å². The number of carbonyl (C=O) groups is 2. The summed E-state index contributed by atoms with van der Waals surface area (Å²) in [6.07, 6.45) is 0. The predicted octanol–water partition coefficient (Wildman–Crippen LogP) is 3.51. The number of nitrogens with zero attached hydrogens (tertiary/aromatic N) is 2. The number of H-pyrrole nitrogens is 1. The molecule has 0 aliphatic rings. The lowest BCUT2D eigenvalue weighted by molar-refractivity contribution is -0.117. The smallest absolute Gasteiger partial charge is 0.244 e. The van der Waals surface area contributed by atoms with E-state index in [-0.39, 0.29) is 18.4 Å². The zero-order chi connectivity index (χ0) is 19.4. The quantitative estimate of drug-likeness (QED) is 0.590. The summed E-state index contributed by atoms with van der Waals surface area (Å²) in [5, 5.41) is 12.5. The zero-order valence-corrected chi connectivity index (χ0v) is 15.8. The molecule has 8 heteroatoms. The molecule has 0 aliphatic heterocycles. The van der Waals surface area contributed by atoms with Crippen molar-refractivity contribution in [3.8, 4) is 11.4 Å². The summed E-state index contributed by atoms with van der Waals surface area (Å²) < 4.78 is 2.03. The van der Waals surface area contributed by atoms with Crippen molar-refractivity contribution in [1.29, 1.82) is 0 Å². The van der Waals surface area contributed by atoms with E-state index in [9.17, 15) is 9.59 Å². The summed E-state index contributed by atoms with van der Waals surface area (Å²) in [5.41, 5.74) is 3.31. The van der Waals surface area contributed by atoms with Crippen molar-refractivity contribution in [2.24, 2.45) is 0 Å². The summed E-state index contributed by atoms with van der Waals surface area (Å²) >= 11 is 5.26. The number of amides is 2. The molecule has 0 saturated carbocycles. The lowest BCUT2D eigenvalue weighted by Crippen LogP contribution is -2.19. The van der Waals surface area contributed by atoms with Gasteiger partial charge in [-0.15, -0.1) is 0 Å². The third kappa shape index (κ3) is 4.68. The average Bonchev–Trinajstić information content (AvgIpc) is 2.97. The SMILES string of the molecule is CC(=O)Nc1ccc(NC(=O)Cn2c(-c3ccc(C)cc3)n[nH]c2=S)cc1. The van der Waals surface area contributed by atoms with Gasteiger partial charge in [0.05, 0.1) is 0 Å². The number of anilines is 2. The van der Waals surface area contributed by atoms with Crippen LogP contribution in [0.2, 0.25) is 0 Å². The first kappa shape index (κ1) is 18.5. The third-order valence-electron chi connectivity index (χ3n) is 3.86. The van der Waals surface area contributed by atoms with Gasteiger partial charge in [-0.05, 0) is 43.4 Å². The van der Waals surface area contributed by atoms with E-state index >= 15 is 0 Å². The van der Waals surface area contributed by atoms with E-state index < -0.39 is 0 Å². The fourth-order valence-corrected chi connectivity index (χ4v) is 2.77. The minimum atomic E-state index is -0.229. The molecule has 0 saturated heterocycles. The van der Waals surface area contributed by atoms with Crippen molar-refractivity contribution in [2.75, 3.05) is 10.6 Å². The molecule has 0 atom stereocenters. The standard InChI is InChI=1S/C19H19N5O2S/c1-12-3-5-14(6-4-12)18-22-23-19(27)24(18)11-17(26)21-16-9-7-15(8-10-16)20-13(2)25/h3-10H,11H2,1-2H3,(H,20,25)(H,21,26)(H,23,27). The molecule has 0 fully saturated rings. The van der Waals surface area contributed by atoms with Crippen molar-refractivity contribution in [1.82, 2.24) is 14.8 Å². The first-order chi connectivity index (χ1) is 12.9. The molecule has 2 aromatic carbocycles. The number of rotatable bonds is 5. The van der Waals surface area contributed by atoms with Crippen LogP contribution in [0.5, 0.6) is 0 Å². The minimum absolute atomic E-state index is 0.0337. The van der Waals surface area contributed by atoms with E-state index in [1.807, 2.05) is 31.2 Å². The monoisotopic (exact) mass is 381 g/mol. The normalized spacial score (nSPS) is 10.4. The highest BCUT2D eigenvalue weighted by Gasteiger charge is 2.12. The number of hydrogen-bond acceptors (Lipinski definition) is 4. The molecule has 27 heavy (non-hydrogen) atoms. The van der Waals surface area contributed by atoms with Gasteiger partial charge in [0.2, 0.25) is 11.8 Å². The Balaban J connectivity index is 1.73. The van der Waals surface area contributed by atoms with Gasteiger partial charge in [0.25, 0.3) is 0 Å². The fourth-order valence-electron chi connectivity index (χ4n) is 2.57. The number of aryl methyl sites for hydroxylation is 1. The number of hydrogen-bond donors (Lipinski definition) is 3. The van der Waals surface area contributed by atoms with Crippen molar-refractivity contribution in [2.45, 2.75) is 20.4 Å². The van der Waals surface area contributed by atoms with Gasteiger partial charge in [-0.1, -0.05) is 29.8 Å². The van der Waals surface area contributed by atoms with Crippen LogP contribution in [0, 0.1) is 11.7 Å². The van der Waals surface area contributed by atoms with Crippen LogP contribution in [0.25, 0.3) is 11.4 Å². The lowest BCUT2D eigenvalue weighted by Gasteiger charge is -2.09. The molecule has 7 nitrogen and oxygen atoms in total. The summed E-state index contributed by atoms with van der Waals surface area (Å²) in [7, 11) is 0. The van der Waals surface area contributed by atoms with Crippen molar-refractivity contribution in [3.63, 3.8) is 0 Å². The molecule has 0 aliphatic carbocycles. The van der Waals surface area contributed by atoms with E-state index in [1.54, 1.807) is 28.8 Å². The Morgan fingerprint density at radius 1 is 1.04 bits per heavy atom. The second kappa shape index (κ2) is 7.96. The Hall–Kier alpha value is -3.26. The highest BCUT2D eigenvalue weighted by atomic mass is 32.1. The Kier molecular flexibility index (Phi) is 5.46. The van der Waals surface area contributed by atoms with Crippen LogP contribution in [0.15, 0.2) is 48.5 Å². The van der Waals surface area contributed by atoms with Crippen LogP contribution < -0.4 is 10.6 Å². The van der Waals surface area contributed by atoms with Gasteiger partial charge >= 0.3 is 0 Å². The van der Waals surface area contributed by atoms with E-state index in [4.69, 9.17) is 12.2 Å². The molecule has 1 aromatic heterocycles. The molecule has 3 rings (SSSR count). The van der Waals surface area contributed by atoms with Gasteiger partial charge in [0.15, 0.2) is 10.6 Å². The Bertz CT molecular complexity index is 1020. The van der Waals surface area contributed by atoms with E-state index in [0.717, 1.165) is 11.1 Å². The molecule has 0 spiro atoms. The van der Waals surface area contributed by atoms with E-state index in [2.05, 4.69) is 20.8 Å². The predicted molar refractivity (Wildman–Crippen MR) is 107 cm³/mol. The average molecular weight is 381 g/mol. The highest BCUT2D eigenvalue weighted by molar-refractivity contribution is 7.71. The number of aromatic nitrogens is 3. The van der Waals surface area contributed by atoms with Crippen LogP contribution in [0.4, 0.5) is 11.4 Å². The molecule has 1 heterocycles. The second-order valence-corrected chi connectivity index (χ2v) is 6.50.